The van der Waals surface area contributed by atoms with Gasteiger partial charge in [-0.1, -0.05) is 11.6 Å². The first-order valence-corrected chi connectivity index (χ1v) is 7.18. The van der Waals surface area contributed by atoms with E-state index < -0.39 is 0 Å². The highest BCUT2D eigenvalue weighted by atomic mass is 35.5. The Bertz CT molecular complexity index is 840. The molecular weight excluding hydrogens is 305 g/mol. The van der Waals surface area contributed by atoms with Crippen molar-refractivity contribution >= 4 is 28.4 Å². The third-order valence-electron chi connectivity index (χ3n) is 3.54. The van der Waals surface area contributed by atoms with Gasteiger partial charge in [-0.3, -0.25) is 9.36 Å². The summed E-state index contributed by atoms with van der Waals surface area (Å²) in [4.78, 5) is 12.6. The number of halogens is 2. The van der Waals surface area contributed by atoms with E-state index in [-0.39, 0.29) is 18.3 Å². The summed E-state index contributed by atoms with van der Waals surface area (Å²) in [6, 6.07) is 10.9. The lowest BCUT2D eigenvalue weighted by molar-refractivity contribution is 0.0964. The zero-order chi connectivity index (χ0) is 15.7. The van der Waals surface area contributed by atoms with Gasteiger partial charge in [-0.2, -0.15) is 0 Å². The van der Waals surface area contributed by atoms with Gasteiger partial charge < -0.3 is 5.11 Å². The standard InChI is InChI=1S/C17H13ClFNO2/c18-13-3-1-11(2-4-13)17(22)20-10-12(7-8-21)15-9-14(19)5-6-16(15)20/h1-6,9-10,21H,7-8H2. The van der Waals surface area contributed by atoms with Gasteiger partial charge in [0, 0.05) is 28.8 Å². The van der Waals surface area contributed by atoms with Crippen molar-refractivity contribution in [2.24, 2.45) is 0 Å². The lowest BCUT2D eigenvalue weighted by atomic mass is 10.1. The fourth-order valence-electron chi connectivity index (χ4n) is 2.49. The minimum absolute atomic E-state index is 0.0647. The van der Waals surface area contributed by atoms with Crippen LogP contribution in [0.3, 0.4) is 0 Å². The van der Waals surface area contributed by atoms with Crippen molar-refractivity contribution < 1.29 is 14.3 Å². The summed E-state index contributed by atoms with van der Waals surface area (Å²) in [6.45, 7) is -0.0647. The van der Waals surface area contributed by atoms with E-state index in [4.69, 9.17) is 16.7 Å². The number of aromatic nitrogens is 1. The van der Waals surface area contributed by atoms with E-state index in [2.05, 4.69) is 0 Å². The number of hydrogen-bond acceptors (Lipinski definition) is 2. The van der Waals surface area contributed by atoms with Crippen LogP contribution in [0.15, 0.2) is 48.7 Å². The maximum absolute atomic E-state index is 13.5. The fourth-order valence-corrected chi connectivity index (χ4v) is 2.62. The Morgan fingerprint density at radius 3 is 2.59 bits per heavy atom. The summed E-state index contributed by atoms with van der Waals surface area (Å²) in [7, 11) is 0. The van der Waals surface area contributed by atoms with Crippen LogP contribution in [0.25, 0.3) is 10.9 Å². The van der Waals surface area contributed by atoms with Gasteiger partial charge in [-0.05, 0) is 54.4 Å². The van der Waals surface area contributed by atoms with Crippen molar-refractivity contribution in [1.82, 2.24) is 4.57 Å². The third kappa shape index (κ3) is 2.63. The molecule has 0 aliphatic rings. The molecule has 0 bridgehead atoms. The zero-order valence-electron chi connectivity index (χ0n) is 11.6. The molecular formula is C17H13ClFNO2. The van der Waals surface area contributed by atoms with Gasteiger partial charge in [0.15, 0.2) is 0 Å². The Hall–Kier alpha value is -2.17. The second kappa shape index (κ2) is 5.91. The summed E-state index contributed by atoms with van der Waals surface area (Å²) < 4.78 is 14.9. The summed E-state index contributed by atoms with van der Waals surface area (Å²) in [6.07, 6.45) is 2.01. The molecule has 5 heteroatoms. The Morgan fingerprint density at radius 2 is 1.91 bits per heavy atom. The van der Waals surface area contributed by atoms with Gasteiger partial charge in [0.05, 0.1) is 5.52 Å². The molecule has 0 atom stereocenters. The van der Waals surface area contributed by atoms with Gasteiger partial charge in [-0.25, -0.2) is 4.39 Å². The van der Waals surface area contributed by atoms with Crippen LogP contribution in [0.4, 0.5) is 4.39 Å². The van der Waals surface area contributed by atoms with Crippen LogP contribution in [-0.4, -0.2) is 22.2 Å². The van der Waals surface area contributed by atoms with Crippen LogP contribution in [0, 0.1) is 5.82 Å². The monoisotopic (exact) mass is 317 g/mol. The number of fused-ring (bicyclic) bond motifs is 1. The smallest absolute Gasteiger partial charge is 0.262 e. The number of rotatable bonds is 3. The van der Waals surface area contributed by atoms with Crippen molar-refractivity contribution in [2.75, 3.05) is 6.61 Å². The summed E-state index contributed by atoms with van der Waals surface area (Å²) in [5.41, 5.74) is 1.84. The van der Waals surface area contributed by atoms with E-state index >= 15 is 0 Å². The molecule has 0 saturated carbocycles. The molecule has 3 nitrogen and oxygen atoms in total. The summed E-state index contributed by atoms with van der Waals surface area (Å²) >= 11 is 5.83. The molecule has 3 rings (SSSR count). The highest BCUT2D eigenvalue weighted by Gasteiger charge is 2.15. The molecule has 2 aromatic carbocycles. The second-order valence-corrected chi connectivity index (χ2v) is 5.41. The summed E-state index contributed by atoms with van der Waals surface area (Å²) in [5.74, 6) is -0.596. The van der Waals surface area contributed by atoms with Gasteiger partial charge in [0.1, 0.15) is 5.82 Å². The van der Waals surface area contributed by atoms with Crippen LogP contribution in [-0.2, 0) is 6.42 Å². The molecule has 0 amide bonds. The zero-order valence-corrected chi connectivity index (χ0v) is 12.3. The first-order valence-electron chi connectivity index (χ1n) is 6.81. The second-order valence-electron chi connectivity index (χ2n) is 4.97. The average Bonchev–Trinajstić information content (AvgIpc) is 2.86. The Labute approximate surface area is 131 Å². The Morgan fingerprint density at radius 1 is 1.18 bits per heavy atom. The lowest BCUT2D eigenvalue weighted by Gasteiger charge is -2.04. The molecule has 0 saturated heterocycles. The van der Waals surface area contributed by atoms with E-state index in [1.807, 2.05) is 0 Å². The third-order valence-corrected chi connectivity index (χ3v) is 3.79. The van der Waals surface area contributed by atoms with Crippen molar-refractivity contribution in [3.63, 3.8) is 0 Å². The van der Waals surface area contributed by atoms with E-state index in [1.54, 1.807) is 36.5 Å². The predicted octanol–water partition coefficient (Wildman–Crippen LogP) is 3.66. The maximum atomic E-state index is 13.5. The van der Waals surface area contributed by atoms with Crippen molar-refractivity contribution in [1.29, 1.82) is 0 Å². The molecule has 3 aromatic rings. The number of carbonyl (C=O) groups is 1. The first-order chi connectivity index (χ1) is 10.6. The van der Waals surface area contributed by atoms with Gasteiger partial charge in [-0.15, -0.1) is 0 Å². The van der Waals surface area contributed by atoms with Gasteiger partial charge in [0.25, 0.3) is 5.91 Å². The van der Waals surface area contributed by atoms with Gasteiger partial charge in [0.2, 0.25) is 0 Å². The lowest BCUT2D eigenvalue weighted by Crippen LogP contribution is -2.10. The minimum Gasteiger partial charge on any atom is -0.396 e. The molecule has 0 fully saturated rings. The van der Waals surface area contributed by atoms with E-state index in [0.717, 1.165) is 5.56 Å². The number of carbonyl (C=O) groups excluding carboxylic acids is 1. The van der Waals surface area contributed by atoms with E-state index in [9.17, 15) is 9.18 Å². The average molecular weight is 318 g/mol. The van der Waals surface area contributed by atoms with Crippen molar-refractivity contribution in [2.45, 2.75) is 6.42 Å². The molecule has 1 aromatic heterocycles. The van der Waals surface area contributed by atoms with Crippen LogP contribution >= 0.6 is 11.6 Å². The van der Waals surface area contributed by atoms with Crippen molar-refractivity contribution in [3.05, 3.63) is 70.6 Å². The molecule has 1 heterocycles. The van der Waals surface area contributed by atoms with Crippen molar-refractivity contribution in [3.8, 4) is 0 Å². The molecule has 0 radical (unpaired) electrons. The van der Waals surface area contributed by atoms with Crippen LogP contribution < -0.4 is 0 Å². The van der Waals surface area contributed by atoms with E-state index in [1.165, 1.54) is 16.7 Å². The number of aliphatic hydroxyl groups is 1. The van der Waals surface area contributed by atoms with Gasteiger partial charge >= 0.3 is 0 Å². The molecule has 0 aliphatic heterocycles. The molecule has 1 N–H and O–H groups in total. The highest BCUT2D eigenvalue weighted by molar-refractivity contribution is 6.30. The van der Waals surface area contributed by atoms with Crippen LogP contribution in [0.2, 0.25) is 5.02 Å². The maximum Gasteiger partial charge on any atom is 0.262 e. The predicted molar refractivity (Wildman–Crippen MR) is 83.9 cm³/mol. The Balaban J connectivity index is 2.14. The normalized spacial score (nSPS) is 11.0. The molecule has 0 unspecified atom stereocenters. The SMILES string of the molecule is O=C(c1ccc(Cl)cc1)n1cc(CCO)c2cc(F)ccc21. The molecule has 0 aliphatic carbocycles. The number of hydrogen-bond donors (Lipinski definition) is 1. The summed E-state index contributed by atoms with van der Waals surface area (Å²) in [5, 5.41) is 10.3. The minimum atomic E-state index is -0.372. The molecule has 22 heavy (non-hydrogen) atoms. The fraction of sp³-hybridized carbons (Fsp3) is 0.118. The number of aliphatic hydroxyl groups excluding tert-OH is 1. The number of benzene rings is 2. The van der Waals surface area contributed by atoms with E-state index in [0.29, 0.717) is 27.9 Å². The number of nitrogens with zero attached hydrogens (tertiary/aromatic N) is 1. The molecule has 0 spiro atoms. The topological polar surface area (TPSA) is 42.2 Å². The van der Waals surface area contributed by atoms with Crippen LogP contribution in [0.1, 0.15) is 15.9 Å². The largest absolute Gasteiger partial charge is 0.396 e. The van der Waals surface area contributed by atoms with Crippen LogP contribution in [0.5, 0.6) is 0 Å². The quantitative estimate of drug-likeness (QED) is 0.801. The highest BCUT2D eigenvalue weighted by Crippen LogP contribution is 2.24. The first kappa shape index (κ1) is 14.8. The Kier molecular flexibility index (Phi) is 3.96. The molecule has 112 valence electrons.